The smallest absolute Gasteiger partial charge is 0.242 e. The molecule has 0 spiro atoms. The lowest BCUT2D eigenvalue weighted by molar-refractivity contribution is -0.117. The summed E-state index contributed by atoms with van der Waals surface area (Å²) in [5.41, 5.74) is 2.84. The molecule has 0 saturated heterocycles. The van der Waals surface area contributed by atoms with Crippen molar-refractivity contribution >= 4 is 33.2 Å². The normalized spacial score (nSPS) is 12.1. The van der Waals surface area contributed by atoms with Crippen molar-refractivity contribution in [2.75, 3.05) is 10.6 Å². The van der Waals surface area contributed by atoms with E-state index in [0.29, 0.717) is 11.4 Å². The number of hydrogen-bond donors (Lipinski definition) is 3. The number of rotatable bonds is 7. The van der Waals surface area contributed by atoms with Crippen molar-refractivity contribution in [1.82, 2.24) is 4.72 Å². The number of carbonyl (C=O) groups is 2. The topological polar surface area (TPSA) is 104 Å². The molecule has 0 bridgehead atoms. The minimum absolute atomic E-state index is 0.00839. The third kappa shape index (κ3) is 5.78. The molecule has 3 aromatic rings. The van der Waals surface area contributed by atoms with Crippen LogP contribution in [0.2, 0.25) is 0 Å². The molecule has 3 N–H and O–H groups in total. The Morgan fingerprint density at radius 3 is 2.06 bits per heavy atom. The average molecular weight is 438 g/mol. The van der Waals surface area contributed by atoms with Gasteiger partial charge in [-0.3, -0.25) is 9.59 Å². The molecule has 2 amide bonds. The summed E-state index contributed by atoms with van der Waals surface area (Å²) in [5.74, 6) is -0.739. The van der Waals surface area contributed by atoms with Gasteiger partial charge in [-0.2, -0.15) is 4.72 Å². The van der Waals surface area contributed by atoms with Gasteiger partial charge in [0.05, 0.1) is 10.9 Å². The van der Waals surface area contributed by atoms with E-state index in [9.17, 15) is 18.0 Å². The van der Waals surface area contributed by atoms with Gasteiger partial charge in [0.15, 0.2) is 0 Å². The Morgan fingerprint density at radius 1 is 0.806 bits per heavy atom. The Hall–Kier alpha value is -3.49. The number of hydrogen-bond acceptors (Lipinski definition) is 4. The van der Waals surface area contributed by atoms with Gasteiger partial charge in [-0.25, -0.2) is 8.42 Å². The molecule has 0 aliphatic rings. The van der Waals surface area contributed by atoms with Crippen LogP contribution in [0.4, 0.5) is 11.4 Å². The fraction of sp³-hybridized carbons (Fsp3) is 0.130. The van der Waals surface area contributed by atoms with Crippen LogP contribution in [0, 0.1) is 0 Å². The molecule has 31 heavy (non-hydrogen) atoms. The summed E-state index contributed by atoms with van der Waals surface area (Å²) in [5, 5.41) is 5.37. The van der Waals surface area contributed by atoms with Crippen molar-refractivity contribution in [2.45, 2.75) is 24.8 Å². The summed E-state index contributed by atoms with van der Waals surface area (Å²) >= 11 is 0. The molecule has 3 rings (SSSR count). The minimum Gasteiger partial charge on any atom is -0.326 e. The molecule has 0 heterocycles. The monoisotopic (exact) mass is 437 g/mol. The average Bonchev–Trinajstić information content (AvgIpc) is 2.74. The van der Waals surface area contributed by atoms with Crippen LogP contribution in [0.15, 0.2) is 83.8 Å². The number of anilines is 2. The second kappa shape index (κ2) is 9.55. The van der Waals surface area contributed by atoms with E-state index in [-0.39, 0.29) is 10.8 Å². The van der Waals surface area contributed by atoms with Gasteiger partial charge in [-0.05, 0) is 42.8 Å². The van der Waals surface area contributed by atoms with Crippen molar-refractivity contribution < 1.29 is 18.0 Å². The van der Waals surface area contributed by atoms with Crippen LogP contribution in [-0.4, -0.2) is 26.3 Å². The summed E-state index contributed by atoms with van der Waals surface area (Å²) in [6.45, 7) is 2.84. The maximum absolute atomic E-state index is 12.7. The summed E-state index contributed by atoms with van der Waals surface area (Å²) in [6.07, 6.45) is 0. The fourth-order valence-corrected chi connectivity index (χ4v) is 4.18. The lowest BCUT2D eigenvalue weighted by Gasteiger charge is -2.16. The number of sulfonamides is 1. The number of amides is 2. The quantitative estimate of drug-likeness (QED) is 0.525. The van der Waals surface area contributed by atoms with Crippen LogP contribution in [0.5, 0.6) is 0 Å². The van der Waals surface area contributed by atoms with Crippen LogP contribution in [0.1, 0.15) is 13.8 Å². The standard InChI is InChI=1S/C23H23N3O4S/c1-16(26-31(29,30)20-14-12-19(13-15-20)24-17(2)27)23(28)25-22-11-7-6-10-21(22)18-8-4-3-5-9-18/h3-16,26H,1-2H3,(H,24,27)(H,25,28). The zero-order valence-corrected chi connectivity index (χ0v) is 17.9. The zero-order chi connectivity index (χ0) is 22.4. The third-order valence-corrected chi connectivity index (χ3v) is 6.04. The van der Waals surface area contributed by atoms with Crippen molar-refractivity contribution in [3.05, 3.63) is 78.9 Å². The van der Waals surface area contributed by atoms with Crippen molar-refractivity contribution in [1.29, 1.82) is 0 Å². The van der Waals surface area contributed by atoms with E-state index in [0.717, 1.165) is 11.1 Å². The first kappa shape index (κ1) is 22.2. The maximum atomic E-state index is 12.7. The van der Waals surface area contributed by atoms with Gasteiger partial charge in [0.25, 0.3) is 0 Å². The second-order valence-electron chi connectivity index (χ2n) is 6.95. The molecule has 160 valence electrons. The molecule has 0 aliphatic heterocycles. The van der Waals surface area contributed by atoms with E-state index in [2.05, 4.69) is 15.4 Å². The summed E-state index contributed by atoms with van der Waals surface area (Å²) in [4.78, 5) is 23.8. The Labute approximate surface area is 181 Å². The highest BCUT2D eigenvalue weighted by atomic mass is 32.2. The molecule has 0 aliphatic carbocycles. The molecule has 0 fully saturated rings. The zero-order valence-electron chi connectivity index (χ0n) is 17.1. The first-order valence-electron chi connectivity index (χ1n) is 9.61. The first-order chi connectivity index (χ1) is 14.8. The van der Waals surface area contributed by atoms with E-state index in [1.54, 1.807) is 12.1 Å². The van der Waals surface area contributed by atoms with E-state index >= 15 is 0 Å². The third-order valence-electron chi connectivity index (χ3n) is 4.48. The van der Waals surface area contributed by atoms with Crippen LogP contribution >= 0.6 is 0 Å². The SMILES string of the molecule is CC(=O)Nc1ccc(S(=O)(=O)NC(C)C(=O)Nc2ccccc2-c2ccccc2)cc1. The molecule has 0 radical (unpaired) electrons. The molecule has 7 nitrogen and oxygen atoms in total. The maximum Gasteiger partial charge on any atom is 0.242 e. The van der Waals surface area contributed by atoms with Gasteiger partial charge in [0, 0.05) is 23.9 Å². The summed E-state index contributed by atoms with van der Waals surface area (Å²) in [6, 6.07) is 21.6. The Kier molecular flexibility index (Phi) is 6.84. The van der Waals surface area contributed by atoms with Gasteiger partial charge in [-0.1, -0.05) is 48.5 Å². The van der Waals surface area contributed by atoms with E-state index < -0.39 is 22.0 Å². The Morgan fingerprint density at radius 2 is 1.42 bits per heavy atom. The molecule has 8 heteroatoms. The lowest BCUT2D eigenvalue weighted by Crippen LogP contribution is -2.41. The fourth-order valence-electron chi connectivity index (χ4n) is 2.98. The number of para-hydroxylation sites is 1. The Bertz CT molecular complexity index is 1180. The first-order valence-corrected chi connectivity index (χ1v) is 11.1. The highest BCUT2D eigenvalue weighted by molar-refractivity contribution is 7.89. The van der Waals surface area contributed by atoms with Crippen molar-refractivity contribution in [2.24, 2.45) is 0 Å². The summed E-state index contributed by atoms with van der Waals surface area (Å²) < 4.78 is 27.7. The van der Waals surface area contributed by atoms with Crippen LogP contribution in [0.3, 0.4) is 0 Å². The molecular formula is C23H23N3O4S. The van der Waals surface area contributed by atoms with Crippen LogP contribution in [-0.2, 0) is 19.6 Å². The van der Waals surface area contributed by atoms with Crippen molar-refractivity contribution in [3.8, 4) is 11.1 Å². The molecule has 0 saturated carbocycles. The Balaban J connectivity index is 1.72. The second-order valence-corrected chi connectivity index (χ2v) is 8.66. The minimum atomic E-state index is -3.93. The molecular weight excluding hydrogens is 414 g/mol. The predicted molar refractivity (Wildman–Crippen MR) is 121 cm³/mol. The molecule has 1 unspecified atom stereocenters. The van der Waals surface area contributed by atoms with E-state index in [4.69, 9.17) is 0 Å². The van der Waals surface area contributed by atoms with Gasteiger partial charge in [0.1, 0.15) is 0 Å². The predicted octanol–water partition coefficient (Wildman–Crippen LogP) is 3.62. The van der Waals surface area contributed by atoms with E-state index in [1.165, 1.54) is 38.1 Å². The number of nitrogens with one attached hydrogen (secondary N) is 3. The van der Waals surface area contributed by atoms with Crippen LogP contribution < -0.4 is 15.4 Å². The van der Waals surface area contributed by atoms with Gasteiger partial charge < -0.3 is 10.6 Å². The molecule has 0 aromatic heterocycles. The van der Waals surface area contributed by atoms with Gasteiger partial charge in [-0.15, -0.1) is 0 Å². The van der Waals surface area contributed by atoms with Gasteiger partial charge >= 0.3 is 0 Å². The van der Waals surface area contributed by atoms with Crippen LogP contribution in [0.25, 0.3) is 11.1 Å². The highest BCUT2D eigenvalue weighted by Crippen LogP contribution is 2.27. The summed E-state index contributed by atoms with van der Waals surface area (Å²) in [7, 11) is -3.93. The number of carbonyl (C=O) groups excluding carboxylic acids is 2. The molecule has 3 aromatic carbocycles. The van der Waals surface area contributed by atoms with Crippen molar-refractivity contribution in [3.63, 3.8) is 0 Å². The van der Waals surface area contributed by atoms with Gasteiger partial charge in [0.2, 0.25) is 21.8 Å². The number of benzene rings is 3. The lowest BCUT2D eigenvalue weighted by atomic mass is 10.0. The van der Waals surface area contributed by atoms with E-state index in [1.807, 2.05) is 42.5 Å². The molecule has 1 atom stereocenters. The largest absolute Gasteiger partial charge is 0.326 e. The highest BCUT2D eigenvalue weighted by Gasteiger charge is 2.22.